The maximum atomic E-state index is 13.0. The van der Waals surface area contributed by atoms with Crippen LogP contribution in [0.3, 0.4) is 0 Å². The molecule has 2 N–H and O–H groups in total. The Morgan fingerprint density at radius 2 is 1.90 bits per heavy atom. The van der Waals surface area contributed by atoms with Crippen molar-refractivity contribution in [1.29, 1.82) is 0 Å². The lowest BCUT2D eigenvalue weighted by Crippen LogP contribution is -2.22. The number of aromatic amines is 1. The number of halogens is 1. The molecule has 0 aliphatic carbocycles. The van der Waals surface area contributed by atoms with Crippen LogP contribution in [0.5, 0.6) is 0 Å². The predicted octanol–water partition coefficient (Wildman–Crippen LogP) is 4.77. The second-order valence-electron chi connectivity index (χ2n) is 6.76. The summed E-state index contributed by atoms with van der Waals surface area (Å²) in [4.78, 5) is 20.5. The lowest BCUT2D eigenvalue weighted by Gasteiger charge is -2.08. The number of imidazole rings is 1. The first kappa shape index (κ1) is 17.5. The maximum Gasteiger partial charge on any atom is 0.251 e. The Labute approximate surface area is 169 Å². The van der Waals surface area contributed by atoms with Gasteiger partial charge in [0.25, 0.3) is 5.91 Å². The molecular formula is C22H15FN4OS. The van der Waals surface area contributed by atoms with E-state index in [-0.39, 0.29) is 11.7 Å². The maximum absolute atomic E-state index is 13.0. The Morgan fingerprint density at radius 3 is 2.72 bits per heavy atom. The van der Waals surface area contributed by atoms with E-state index in [0.29, 0.717) is 16.9 Å². The molecule has 2 aromatic heterocycles. The van der Waals surface area contributed by atoms with E-state index in [1.165, 1.54) is 12.1 Å². The number of rotatable bonds is 3. The van der Waals surface area contributed by atoms with Crippen LogP contribution in [0.4, 0.5) is 4.39 Å². The minimum atomic E-state index is -0.303. The van der Waals surface area contributed by atoms with Gasteiger partial charge in [0.1, 0.15) is 11.5 Å². The van der Waals surface area contributed by atoms with E-state index in [4.69, 9.17) is 17.2 Å². The normalized spacial score (nSPS) is 11.3. The summed E-state index contributed by atoms with van der Waals surface area (Å²) in [5.41, 5.74) is 4.62. The number of hydrogen-bond donors (Lipinski definition) is 2. The smallest absolute Gasteiger partial charge is 0.251 e. The number of nitrogens with one attached hydrogen (secondary N) is 2. The molecule has 5 rings (SSSR count). The lowest BCUT2D eigenvalue weighted by molar-refractivity contribution is 0.0951. The zero-order valence-corrected chi connectivity index (χ0v) is 16.0. The highest BCUT2D eigenvalue weighted by Gasteiger charge is 2.12. The number of benzene rings is 3. The molecule has 0 unspecified atom stereocenters. The van der Waals surface area contributed by atoms with Crippen molar-refractivity contribution in [2.45, 2.75) is 6.54 Å². The van der Waals surface area contributed by atoms with Gasteiger partial charge < -0.3 is 10.3 Å². The SMILES string of the molecule is O=C(NCc1ccc(F)cc1)c1ccc2c(c1)[nH]c(=S)n1c3ccccc3nc21. The van der Waals surface area contributed by atoms with Crippen LogP contribution >= 0.6 is 12.2 Å². The van der Waals surface area contributed by atoms with Crippen molar-refractivity contribution >= 4 is 45.7 Å². The minimum absolute atomic E-state index is 0.219. The number of carbonyl (C=O) groups is 1. The standard InChI is InChI=1S/C22H15FN4OS/c23-15-8-5-13(6-9-15)12-24-21(28)14-7-10-16-18(11-14)26-22(29)27-19-4-2-1-3-17(19)25-20(16)27/h1-11H,12H2,(H,24,28)(H,26,29). The van der Waals surface area contributed by atoms with Crippen molar-refractivity contribution in [3.63, 3.8) is 0 Å². The Hall–Kier alpha value is -3.58. The van der Waals surface area contributed by atoms with Crippen molar-refractivity contribution < 1.29 is 9.18 Å². The van der Waals surface area contributed by atoms with Gasteiger partial charge in [-0.2, -0.15) is 0 Å². The molecule has 0 aliphatic heterocycles. The van der Waals surface area contributed by atoms with Gasteiger partial charge in [-0.3, -0.25) is 9.20 Å². The number of carbonyl (C=O) groups excluding carboxylic acids is 1. The lowest BCUT2D eigenvalue weighted by atomic mass is 10.1. The molecule has 1 amide bonds. The van der Waals surface area contributed by atoms with Gasteiger partial charge in [0.2, 0.25) is 0 Å². The number of H-pyrrole nitrogens is 1. The summed E-state index contributed by atoms with van der Waals surface area (Å²) in [6.07, 6.45) is 0. The molecule has 0 saturated heterocycles. The van der Waals surface area contributed by atoms with Crippen molar-refractivity contribution in [2.24, 2.45) is 0 Å². The monoisotopic (exact) mass is 402 g/mol. The molecule has 0 aliphatic rings. The van der Waals surface area contributed by atoms with Crippen LogP contribution in [0, 0.1) is 10.6 Å². The Balaban J connectivity index is 1.52. The zero-order chi connectivity index (χ0) is 20.0. The topological polar surface area (TPSA) is 62.2 Å². The highest BCUT2D eigenvalue weighted by Crippen LogP contribution is 2.24. The fourth-order valence-corrected chi connectivity index (χ4v) is 3.75. The third kappa shape index (κ3) is 3.05. The molecule has 5 aromatic rings. The fourth-order valence-electron chi connectivity index (χ4n) is 3.45. The van der Waals surface area contributed by atoms with Crippen molar-refractivity contribution in [2.75, 3.05) is 0 Å². The van der Waals surface area contributed by atoms with Gasteiger partial charge in [0, 0.05) is 17.5 Å². The molecule has 2 heterocycles. The van der Waals surface area contributed by atoms with Gasteiger partial charge in [0.05, 0.1) is 16.6 Å². The van der Waals surface area contributed by atoms with Crippen LogP contribution in [-0.4, -0.2) is 20.3 Å². The van der Waals surface area contributed by atoms with Gasteiger partial charge in [-0.05, 0) is 60.2 Å². The molecule has 0 atom stereocenters. The van der Waals surface area contributed by atoms with E-state index in [2.05, 4.69) is 10.3 Å². The van der Waals surface area contributed by atoms with Gasteiger partial charge in [-0.25, -0.2) is 9.37 Å². The van der Waals surface area contributed by atoms with Gasteiger partial charge in [-0.15, -0.1) is 0 Å². The summed E-state index contributed by atoms with van der Waals surface area (Å²) >= 11 is 5.53. The third-order valence-electron chi connectivity index (χ3n) is 4.89. The molecule has 142 valence electrons. The first-order valence-corrected chi connectivity index (χ1v) is 9.47. The van der Waals surface area contributed by atoms with E-state index in [9.17, 15) is 9.18 Å². The van der Waals surface area contributed by atoms with E-state index in [1.807, 2.05) is 34.7 Å². The molecule has 0 bridgehead atoms. The molecule has 0 spiro atoms. The van der Waals surface area contributed by atoms with Crippen molar-refractivity contribution in [3.8, 4) is 0 Å². The number of hydrogen-bond acceptors (Lipinski definition) is 3. The van der Waals surface area contributed by atoms with Crippen LogP contribution in [-0.2, 0) is 6.54 Å². The molecular weight excluding hydrogens is 387 g/mol. The molecule has 7 heteroatoms. The van der Waals surface area contributed by atoms with Gasteiger partial charge in [0.15, 0.2) is 4.77 Å². The van der Waals surface area contributed by atoms with Gasteiger partial charge in [-0.1, -0.05) is 24.3 Å². The first-order valence-electron chi connectivity index (χ1n) is 9.06. The number of para-hydroxylation sites is 2. The van der Waals surface area contributed by atoms with E-state index in [1.54, 1.807) is 24.3 Å². The third-order valence-corrected chi connectivity index (χ3v) is 5.18. The number of amides is 1. The summed E-state index contributed by atoms with van der Waals surface area (Å²) in [5, 5.41) is 3.73. The Bertz CT molecular complexity index is 1450. The molecule has 5 nitrogen and oxygen atoms in total. The first-order chi connectivity index (χ1) is 14.1. The number of aromatic nitrogens is 3. The van der Waals surface area contributed by atoms with Crippen molar-refractivity contribution in [3.05, 3.63) is 88.4 Å². The zero-order valence-electron chi connectivity index (χ0n) is 15.1. The molecule has 3 aromatic carbocycles. The Morgan fingerprint density at radius 1 is 1.10 bits per heavy atom. The summed E-state index contributed by atoms with van der Waals surface area (Å²) in [7, 11) is 0. The quantitative estimate of drug-likeness (QED) is 0.428. The van der Waals surface area contributed by atoms with Crippen molar-refractivity contribution in [1.82, 2.24) is 19.7 Å². The number of fused-ring (bicyclic) bond motifs is 5. The van der Waals surface area contributed by atoms with Crippen LogP contribution in [0.15, 0.2) is 66.7 Å². The Kier molecular flexibility index (Phi) is 4.10. The minimum Gasteiger partial charge on any atom is -0.348 e. The number of nitrogens with zero attached hydrogens (tertiary/aromatic N) is 2. The molecule has 0 saturated carbocycles. The predicted molar refractivity (Wildman–Crippen MR) is 113 cm³/mol. The highest BCUT2D eigenvalue weighted by molar-refractivity contribution is 7.71. The average molecular weight is 402 g/mol. The van der Waals surface area contributed by atoms with Crippen LogP contribution in [0.2, 0.25) is 0 Å². The van der Waals surface area contributed by atoms with Gasteiger partial charge >= 0.3 is 0 Å². The van der Waals surface area contributed by atoms with E-state index < -0.39 is 0 Å². The van der Waals surface area contributed by atoms with E-state index >= 15 is 0 Å². The summed E-state index contributed by atoms with van der Waals surface area (Å²) in [6, 6.07) is 19.2. The average Bonchev–Trinajstić information content (AvgIpc) is 3.13. The summed E-state index contributed by atoms with van der Waals surface area (Å²) in [5.74, 6) is -0.522. The molecule has 29 heavy (non-hydrogen) atoms. The largest absolute Gasteiger partial charge is 0.348 e. The second-order valence-corrected chi connectivity index (χ2v) is 7.15. The van der Waals surface area contributed by atoms with Crippen LogP contribution in [0.1, 0.15) is 15.9 Å². The van der Waals surface area contributed by atoms with Crippen LogP contribution < -0.4 is 5.32 Å². The fraction of sp³-hybridized carbons (Fsp3) is 0.0455. The summed E-state index contributed by atoms with van der Waals surface area (Å²) < 4.78 is 15.4. The molecule has 0 radical (unpaired) electrons. The second kappa shape index (κ2) is 6.79. The van der Waals surface area contributed by atoms with Crippen LogP contribution in [0.25, 0.3) is 27.6 Å². The van der Waals surface area contributed by atoms with E-state index in [0.717, 1.165) is 33.1 Å². The highest BCUT2D eigenvalue weighted by atomic mass is 32.1. The molecule has 0 fully saturated rings. The summed E-state index contributed by atoms with van der Waals surface area (Å²) in [6.45, 7) is 0.317.